The van der Waals surface area contributed by atoms with E-state index in [0.717, 1.165) is 74.0 Å². The third kappa shape index (κ3) is 21.5. The first kappa shape index (κ1) is 47.4. The Morgan fingerprint density at radius 3 is 0.948 bits per heavy atom. The van der Waals surface area contributed by atoms with Crippen molar-refractivity contribution in [3.05, 3.63) is 120 Å². The smallest absolute Gasteiger partial charge is 0.330 e. The van der Waals surface area contributed by atoms with Gasteiger partial charge in [-0.15, -0.1) is 0 Å². The van der Waals surface area contributed by atoms with Gasteiger partial charge in [-0.1, -0.05) is 127 Å². The van der Waals surface area contributed by atoms with Gasteiger partial charge in [-0.25, -0.2) is 9.59 Å². The van der Waals surface area contributed by atoms with Crippen LogP contribution < -0.4 is 9.47 Å². The molecule has 0 aliphatic heterocycles. The van der Waals surface area contributed by atoms with E-state index in [1.54, 1.807) is 0 Å². The second-order valence-electron chi connectivity index (χ2n) is 14.9. The molecular formula is C50H66O8. The maximum absolute atomic E-state index is 13.0. The van der Waals surface area contributed by atoms with Crippen molar-refractivity contribution < 1.29 is 38.1 Å². The van der Waals surface area contributed by atoms with Gasteiger partial charge in [0.25, 0.3) is 0 Å². The molecule has 0 radical (unpaired) electrons. The van der Waals surface area contributed by atoms with E-state index in [0.29, 0.717) is 50.4 Å². The Labute approximate surface area is 347 Å². The molecule has 8 heteroatoms. The number of hydrogen-bond donors (Lipinski definition) is 0. The lowest BCUT2D eigenvalue weighted by Crippen LogP contribution is -2.06. The number of ether oxygens (including phenoxy) is 4. The minimum atomic E-state index is -0.346. The highest BCUT2D eigenvalue weighted by Gasteiger charge is 2.11. The molecule has 0 amide bonds. The van der Waals surface area contributed by atoms with Crippen LogP contribution in [0.25, 0.3) is 0 Å². The molecule has 0 bridgehead atoms. The SMILES string of the molecule is C=CC(=O)OCCCCCCCCCCCOc1ccc(C(=O)Cc2ccc(CC(=O)c3ccc(OCCCCCCCCCCCOC(=O)C=C)cc3)cc2)cc1. The van der Waals surface area contributed by atoms with Crippen molar-refractivity contribution in [1.29, 1.82) is 0 Å². The lowest BCUT2D eigenvalue weighted by molar-refractivity contribution is -0.138. The molecule has 58 heavy (non-hydrogen) atoms. The molecule has 0 fully saturated rings. The molecule has 0 heterocycles. The van der Waals surface area contributed by atoms with Crippen molar-refractivity contribution in [3.8, 4) is 11.5 Å². The van der Waals surface area contributed by atoms with Crippen LogP contribution in [0.3, 0.4) is 0 Å². The summed E-state index contributed by atoms with van der Waals surface area (Å²) in [5.74, 6) is 0.937. The first-order valence-corrected chi connectivity index (χ1v) is 21.6. The Morgan fingerprint density at radius 2 is 0.655 bits per heavy atom. The minimum Gasteiger partial charge on any atom is -0.494 e. The normalized spacial score (nSPS) is 10.8. The van der Waals surface area contributed by atoms with Crippen LogP contribution in [0.4, 0.5) is 0 Å². The van der Waals surface area contributed by atoms with Crippen LogP contribution in [-0.4, -0.2) is 49.9 Å². The highest BCUT2D eigenvalue weighted by atomic mass is 16.5. The van der Waals surface area contributed by atoms with Crippen LogP contribution in [0.1, 0.15) is 147 Å². The summed E-state index contributed by atoms with van der Waals surface area (Å²) >= 11 is 0. The fraction of sp³-hybridized carbons (Fsp3) is 0.480. The summed E-state index contributed by atoms with van der Waals surface area (Å²) in [6.07, 6.45) is 23.3. The number of benzene rings is 3. The number of esters is 2. The zero-order valence-corrected chi connectivity index (χ0v) is 34.7. The molecule has 314 valence electrons. The van der Waals surface area contributed by atoms with Crippen LogP contribution in [-0.2, 0) is 31.9 Å². The van der Waals surface area contributed by atoms with Gasteiger partial charge >= 0.3 is 11.9 Å². The summed E-state index contributed by atoms with van der Waals surface area (Å²) in [4.78, 5) is 48.0. The quantitative estimate of drug-likeness (QED) is 0.0255. The summed E-state index contributed by atoms with van der Waals surface area (Å²) in [6.45, 7) is 9.07. The van der Waals surface area contributed by atoms with E-state index in [9.17, 15) is 19.2 Å². The number of carbonyl (C=O) groups excluding carboxylic acids is 4. The van der Waals surface area contributed by atoms with Gasteiger partial charge in [0.05, 0.1) is 26.4 Å². The molecule has 0 saturated heterocycles. The Hall–Kier alpha value is -4.98. The fourth-order valence-electron chi connectivity index (χ4n) is 6.55. The average Bonchev–Trinajstić information content (AvgIpc) is 3.24. The summed E-state index contributed by atoms with van der Waals surface area (Å²) in [6, 6.07) is 22.5. The topological polar surface area (TPSA) is 105 Å². The molecule has 0 aromatic heterocycles. The van der Waals surface area contributed by atoms with E-state index in [1.807, 2.05) is 72.8 Å². The Balaban J connectivity index is 1.21. The second-order valence-corrected chi connectivity index (χ2v) is 14.9. The summed E-state index contributed by atoms with van der Waals surface area (Å²) < 4.78 is 21.8. The third-order valence-electron chi connectivity index (χ3n) is 10.0. The Bertz CT molecular complexity index is 1500. The van der Waals surface area contributed by atoms with Gasteiger partial charge in [0.2, 0.25) is 0 Å². The molecular weight excluding hydrogens is 729 g/mol. The van der Waals surface area contributed by atoms with Crippen LogP contribution in [0.2, 0.25) is 0 Å². The zero-order valence-electron chi connectivity index (χ0n) is 34.7. The third-order valence-corrected chi connectivity index (χ3v) is 10.0. The molecule has 0 aliphatic carbocycles. The van der Waals surface area contributed by atoms with Crippen LogP contribution in [0.15, 0.2) is 98.1 Å². The maximum Gasteiger partial charge on any atom is 0.330 e. The molecule has 3 aromatic rings. The number of rotatable bonds is 34. The van der Waals surface area contributed by atoms with Crippen LogP contribution in [0.5, 0.6) is 11.5 Å². The largest absolute Gasteiger partial charge is 0.494 e. The number of hydrogen-bond acceptors (Lipinski definition) is 8. The van der Waals surface area contributed by atoms with E-state index in [2.05, 4.69) is 13.2 Å². The van der Waals surface area contributed by atoms with Gasteiger partial charge in [0.1, 0.15) is 11.5 Å². The monoisotopic (exact) mass is 794 g/mol. The van der Waals surface area contributed by atoms with Crippen molar-refractivity contribution in [3.63, 3.8) is 0 Å². The van der Waals surface area contributed by atoms with Crippen molar-refractivity contribution in [2.24, 2.45) is 0 Å². The van der Waals surface area contributed by atoms with E-state index >= 15 is 0 Å². The fourth-order valence-corrected chi connectivity index (χ4v) is 6.55. The highest BCUT2D eigenvalue weighted by Crippen LogP contribution is 2.19. The standard InChI is InChI=1S/C50H66O8/c1-3-49(53)57-37-21-17-13-9-5-7-11-15-19-35-55-45-31-27-43(28-32-45)47(51)39-41-23-25-42(26-24-41)40-48(52)44-29-33-46(34-30-44)56-36-20-16-12-8-6-10-14-18-22-38-58-50(54)4-2/h3-4,23-34H,1-2,5-22,35-40H2. The molecule has 3 rings (SSSR count). The van der Waals surface area contributed by atoms with E-state index in [1.165, 1.54) is 76.4 Å². The molecule has 0 saturated carbocycles. The lowest BCUT2D eigenvalue weighted by Gasteiger charge is -2.08. The average molecular weight is 795 g/mol. The molecule has 0 atom stereocenters. The number of unbranched alkanes of at least 4 members (excludes halogenated alkanes) is 16. The Morgan fingerprint density at radius 1 is 0.379 bits per heavy atom. The predicted octanol–water partition coefficient (Wildman–Crippen LogP) is 11.8. The molecule has 0 unspecified atom stereocenters. The molecule has 0 spiro atoms. The summed E-state index contributed by atoms with van der Waals surface area (Å²) in [7, 11) is 0. The second kappa shape index (κ2) is 30.1. The van der Waals surface area contributed by atoms with Crippen molar-refractivity contribution in [2.75, 3.05) is 26.4 Å². The summed E-state index contributed by atoms with van der Waals surface area (Å²) in [5, 5.41) is 0. The first-order valence-electron chi connectivity index (χ1n) is 21.6. The molecule has 8 nitrogen and oxygen atoms in total. The lowest BCUT2D eigenvalue weighted by atomic mass is 9.99. The van der Waals surface area contributed by atoms with E-state index in [-0.39, 0.29) is 23.5 Å². The van der Waals surface area contributed by atoms with Gasteiger partial charge in [-0.05, 0) is 85.3 Å². The minimum absolute atomic E-state index is 0.0409. The predicted molar refractivity (Wildman–Crippen MR) is 232 cm³/mol. The van der Waals surface area contributed by atoms with E-state index < -0.39 is 0 Å². The maximum atomic E-state index is 13.0. The number of Topliss-reactive ketones (excluding diaryl/α,β-unsaturated/α-hetero) is 2. The van der Waals surface area contributed by atoms with Gasteiger partial charge in [0.15, 0.2) is 11.6 Å². The van der Waals surface area contributed by atoms with Gasteiger partial charge in [-0.3, -0.25) is 9.59 Å². The van der Waals surface area contributed by atoms with Gasteiger partial charge in [0, 0.05) is 36.1 Å². The number of carbonyl (C=O) groups is 4. The van der Waals surface area contributed by atoms with Gasteiger partial charge in [-0.2, -0.15) is 0 Å². The molecule has 3 aromatic carbocycles. The molecule has 0 N–H and O–H groups in total. The van der Waals surface area contributed by atoms with Gasteiger partial charge < -0.3 is 18.9 Å². The highest BCUT2D eigenvalue weighted by molar-refractivity contribution is 5.98. The zero-order chi connectivity index (χ0) is 41.5. The van der Waals surface area contributed by atoms with Crippen molar-refractivity contribution in [2.45, 2.75) is 128 Å². The summed E-state index contributed by atoms with van der Waals surface area (Å²) in [5.41, 5.74) is 3.12. The molecule has 0 aliphatic rings. The Kier molecular flexibility index (Phi) is 24.6. The van der Waals surface area contributed by atoms with Crippen LogP contribution in [0, 0.1) is 0 Å². The van der Waals surface area contributed by atoms with E-state index in [4.69, 9.17) is 18.9 Å². The van der Waals surface area contributed by atoms with Crippen LogP contribution >= 0.6 is 0 Å². The van der Waals surface area contributed by atoms with Crippen molar-refractivity contribution in [1.82, 2.24) is 0 Å². The number of ketones is 2. The van der Waals surface area contributed by atoms with Crippen molar-refractivity contribution >= 4 is 23.5 Å². The first-order chi connectivity index (χ1) is 28.4.